The lowest BCUT2D eigenvalue weighted by Gasteiger charge is -2.39. The highest BCUT2D eigenvalue weighted by Crippen LogP contribution is 2.48. The molecule has 3 unspecified atom stereocenters. The molecule has 2 aliphatic heterocycles. The standard InChI is InChI=1S/C9H17N/c1-6(2)9-7-4-8(9)10(3)5-7/h6-9H,4-5H2,1-3H3. The molecule has 2 saturated heterocycles. The third-order valence-electron chi connectivity index (χ3n) is 3.39. The van der Waals surface area contributed by atoms with Crippen LogP contribution in [0.25, 0.3) is 0 Å². The Hall–Kier alpha value is -0.0400. The molecule has 10 heavy (non-hydrogen) atoms. The molecule has 0 spiro atoms. The third kappa shape index (κ3) is 0.672. The zero-order valence-electron chi connectivity index (χ0n) is 7.17. The molecular weight excluding hydrogens is 122 g/mol. The Balaban J connectivity index is 2.05. The Morgan fingerprint density at radius 3 is 2.30 bits per heavy atom. The number of fused-ring (bicyclic) bond motifs is 1. The highest BCUT2D eigenvalue weighted by Gasteiger charge is 2.50. The maximum atomic E-state index is 2.54. The molecule has 0 aromatic heterocycles. The van der Waals surface area contributed by atoms with Gasteiger partial charge in [0.15, 0.2) is 0 Å². The molecule has 3 fully saturated rings. The predicted octanol–water partition coefficient (Wildman–Crippen LogP) is 1.59. The first-order valence-electron chi connectivity index (χ1n) is 4.40. The Kier molecular flexibility index (Phi) is 1.31. The van der Waals surface area contributed by atoms with E-state index >= 15 is 0 Å². The average Bonchev–Trinajstić information content (AvgIpc) is 2.18. The van der Waals surface area contributed by atoms with Crippen molar-refractivity contribution in [2.45, 2.75) is 26.3 Å². The van der Waals surface area contributed by atoms with Gasteiger partial charge in [-0.1, -0.05) is 13.8 Å². The first-order valence-corrected chi connectivity index (χ1v) is 4.40. The number of nitrogens with zero attached hydrogens (tertiary/aromatic N) is 1. The smallest absolute Gasteiger partial charge is 0.0129 e. The Labute approximate surface area is 63.4 Å². The minimum Gasteiger partial charge on any atom is -0.303 e. The van der Waals surface area contributed by atoms with E-state index in [1.54, 1.807) is 0 Å². The van der Waals surface area contributed by atoms with E-state index in [4.69, 9.17) is 0 Å². The Bertz CT molecular complexity index is 142. The molecule has 3 aliphatic rings. The van der Waals surface area contributed by atoms with Crippen molar-refractivity contribution < 1.29 is 0 Å². The van der Waals surface area contributed by atoms with E-state index in [-0.39, 0.29) is 0 Å². The van der Waals surface area contributed by atoms with Gasteiger partial charge in [-0.3, -0.25) is 0 Å². The van der Waals surface area contributed by atoms with Crippen molar-refractivity contribution in [2.75, 3.05) is 13.6 Å². The molecule has 1 saturated carbocycles. The van der Waals surface area contributed by atoms with Crippen LogP contribution in [0.15, 0.2) is 0 Å². The van der Waals surface area contributed by atoms with E-state index in [1.165, 1.54) is 13.0 Å². The molecule has 2 bridgehead atoms. The van der Waals surface area contributed by atoms with Gasteiger partial charge >= 0.3 is 0 Å². The summed E-state index contributed by atoms with van der Waals surface area (Å²) in [5.74, 6) is 2.99. The normalized spacial score (nSPS) is 46.2. The monoisotopic (exact) mass is 139 g/mol. The van der Waals surface area contributed by atoms with Gasteiger partial charge in [0.1, 0.15) is 0 Å². The van der Waals surface area contributed by atoms with Crippen molar-refractivity contribution >= 4 is 0 Å². The first kappa shape index (κ1) is 6.66. The number of hydrogen-bond acceptors (Lipinski definition) is 1. The second kappa shape index (κ2) is 1.97. The third-order valence-corrected chi connectivity index (χ3v) is 3.39. The summed E-state index contributed by atoms with van der Waals surface area (Å²) in [6.07, 6.45) is 1.49. The molecule has 3 rings (SSSR count). The minimum absolute atomic E-state index is 0.911. The fourth-order valence-electron chi connectivity index (χ4n) is 2.91. The average molecular weight is 139 g/mol. The second-order valence-electron chi connectivity index (χ2n) is 4.32. The van der Waals surface area contributed by atoms with E-state index in [1.807, 2.05) is 0 Å². The van der Waals surface area contributed by atoms with Crippen LogP contribution in [-0.2, 0) is 0 Å². The fraction of sp³-hybridized carbons (Fsp3) is 1.00. The Morgan fingerprint density at radius 2 is 2.10 bits per heavy atom. The lowest BCUT2D eigenvalue weighted by Crippen LogP contribution is -2.40. The zero-order valence-corrected chi connectivity index (χ0v) is 7.17. The van der Waals surface area contributed by atoms with Gasteiger partial charge in [0, 0.05) is 12.6 Å². The second-order valence-corrected chi connectivity index (χ2v) is 4.32. The highest BCUT2D eigenvalue weighted by atomic mass is 15.2. The molecule has 2 heterocycles. The van der Waals surface area contributed by atoms with E-state index < -0.39 is 0 Å². The van der Waals surface area contributed by atoms with Crippen LogP contribution < -0.4 is 0 Å². The molecule has 3 atom stereocenters. The van der Waals surface area contributed by atoms with Crippen LogP contribution in [0.5, 0.6) is 0 Å². The van der Waals surface area contributed by atoms with E-state index in [0.29, 0.717) is 0 Å². The van der Waals surface area contributed by atoms with Gasteiger partial charge in [-0.25, -0.2) is 0 Å². The van der Waals surface area contributed by atoms with Crippen LogP contribution in [0, 0.1) is 17.8 Å². The summed E-state index contributed by atoms with van der Waals surface area (Å²) in [6.45, 7) is 6.10. The molecule has 1 aliphatic carbocycles. The molecule has 0 radical (unpaired) electrons. The van der Waals surface area contributed by atoms with Crippen LogP contribution in [-0.4, -0.2) is 24.5 Å². The van der Waals surface area contributed by atoms with E-state index in [0.717, 1.165) is 23.8 Å². The Morgan fingerprint density at radius 1 is 1.40 bits per heavy atom. The van der Waals surface area contributed by atoms with Crippen LogP contribution >= 0.6 is 0 Å². The number of hydrogen-bond donors (Lipinski definition) is 0. The van der Waals surface area contributed by atoms with Gasteiger partial charge in [-0.05, 0) is 31.2 Å². The maximum Gasteiger partial charge on any atom is 0.0129 e. The lowest BCUT2D eigenvalue weighted by molar-refractivity contribution is 0.121. The van der Waals surface area contributed by atoms with Gasteiger partial charge in [-0.15, -0.1) is 0 Å². The summed E-state index contributed by atoms with van der Waals surface area (Å²) < 4.78 is 0. The van der Waals surface area contributed by atoms with Crippen LogP contribution in [0.2, 0.25) is 0 Å². The van der Waals surface area contributed by atoms with Crippen LogP contribution in [0.3, 0.4) is 0 Å². The van der Waals surface area contributed by atoms with E-state index in [2.05, 4.69) is 25.8 Å². The summed E-state index contributed by atoms with van der Waals surface area (Å²) >= 11 is 0. The fourth-order valence-corrected chi connectivity index (χ4v) is 2.91. The van der Waals surface area contributed by atoms with Crippen LogP contribution in [0.1, 0.15) is 20.3 Å². The molecule has 0 aromatic carbocycles. The molecule has 58 valence electrons. The number of rotatable bonds is 1. The van der Waals surface area contributed by atoms with Crippen molar-refractivity contribution in [3.63, 3.8) is 0 Å². The molecule has 0 N–H and O–H groups in total. The molecule has 0 aromatic rings. The van der Waals surface area contributed by atoms with Crippen LogP contribution in [0.4, 0.5) is 0 Å². The lowest BCUT2D eigenvalue weighted by atomic mass is 9.68. The largest absolute Gasteiger partial charge is 0.303 e. The maximum absolute atomic E-state index is 2.54. The van der Waals surface area contributed by atoms with E-state index in [9.17, 15) is 0 Å². The summed E-state index contributed by atoms with van der Waals surface area (Å²) in [7, 11) is 2.27. The highest BCUT2D eigenvalue weighted by molar-refractivity contribution is 5.03. The zero-order chi connectivity index (χ0) is 7.30. The predicted molar refractivity (Wildman–Crippen MR) is 42.9 cm³/mol. The topological polar surface area (TPSA) is 3.24 Å². The van der Waals surface area contributed by atoms with Crippen molar-refractivity contribution in [2.24, 2.45) is 17.8 Å². The minimum atomic E-state index is 0.911. The van der Waals surface area contributed by atoms with Gasteiger partial charge in [0.25, 0.3) is 0 Å². The summed E-state index contributed by atoms with van der Waals surface area (Å²) in [5.41, 5.74) is 0. The molecule has 0 amide bonds. The van der Waals surface area contributed by atoms with Gasteiger partial charge in [0.05, 0.1) is 0 Å². The van der Waals surface area contributed by atoms with Crippen molar-refractivity contribution in [3.8, 4) is 0 Å². The van der Waals surface area contributed by atoms with Gasteiger partial charge in [0.2, 0.25) is 0 Å². The molecule has 1 heteroatoms. The molecular formula is C9H17N. The first-order chi connectivity index (χ1) is 4.70. The van der Waals surface area contributed by atoms with Crippen molar-refractivity contribution in [3.05, 3.63) is 0 Å². The SMILES string of the molecule is CC(C)C1C2CC1N(C)C2. The summed E-state index contributed by atoms with van der Waals surface area (Å²) in [4.78, 5) is 2.54. The van der Waals surface area contributed by atoms with Gasteiger partial charge < -0.3 is 4.90 Å². The van der Waals surface area contributed by atoms with Gasteiger partial charge in [-0.2, -0.15) is 0 Å². The van der Waals surface area contributed by atoms with Crippen molar-refractivity contribution in [1.29, 1.82) is 0 Å². The van der Waals surface area contributed by atoms with Crippen molar-refractivity contribution in [1.82, 2.24) is 4.90 Å². The summed E-state index contributed by atoms with van der Waals surface area (Å²) in [6, 6.07) is 0.949. The summed E-state index contributed by atoms with van der Waals surface area (Å²) in [5, 5.41) is 0. The molecule has 1 nitrogen and oxygen atoms in total. The quantitative estimate of drug-likeness (QED) is 0.533.